The molecule has 0 radical (unpaired) electrons. The molecule has 6 heteroatoms. The van der Waals surface area contributed by atoms with Crippen LogP contribution in [0.1, 0.15) is 25.0 Å². The van der Waals surface area contributed by atoms with E-state index in [1.165, 1.54) is 33.0 Å². The normalized spacial score (nSPS) is 13.1. The van der Waals surface area contributed by atoms with Crippen LogP contribution in [0.3, 0.4) is 0 Å². The van der Waals surface area contributed by atoms with Crippen molar-refractivity contribution in [2.24, 2.45) is 0 Å². The molecule has 1 aliphatic rings. The summed E-state index contributed by atoms with van der Waals surface area (Å²) in [5.74, 6) is 1.77. The Bertz CT molecular complexity index is 4080. The van der Waals surface area contributed by atoms with E-state index in [9.17, 15) is 0 Å². The number of furan rings is 2. The van der Waals surface area contributed by atoms with E-state index in [1.54, 1.807) is 0 Å². The van der Waals surface area contributed by atoms with Gasteiger partial charge in [-0.05, 0) is 82.4 Å². The standard InChI is InChI=1S/C60H38N4O2/c1-60(2)49-25-11-9-19-40(49)45-33-47-46-31-37(39-21-13-22-42-41-20-10-12-26-53(41)65-55(39)42)27-29-51(46)64(52(47)34-50(45)60)38-28-30-54-48(32-38)43-23-14-24-44(56(43)66-54)59-62-57(35-15-5-3-6-16-35)61-58(63-59)36-17-7-4-8-18-36/h3-34H,1-2H3. The minimum atomic E-state index is -0.166. The summed E-state index contributed by atoms with van der Waals surface area (Å²) in [4.78, 5) is 15.1. The van der Waals surface area contributed by atoms with Gasteiger partial charge >= 0.3 is 0 Å². The van der Waals surface area contributed by atoms with Crippen LogP contribution in [0.25, 0.3) is 128 Å². The molecule has 0 saturated heterocycles. The summed E-state index contributed by atoms with van der Waals surface area (Å²) < 4.78 is 15.8. The van der Waals surface area contributed by atoms with Gasteiger partial charge in [-0.2, -0.15) is 0 Å². The van der Waals surface area contributed by atoms with Crippen molar-refractivity contribution in [3.63, 3.8) is 0 Å². The Morgan fingerprint density at radius 2 is 0.955 bits per heavy atom. The van der Waals surface area contributed by atoms with E-state index in [4.69, 9.17) is 23.8 Å². The van der Waals surface area contributed by atoms with Crippen LogP contribution in [0.15, 0.2) is 203 Å². The number of hydrogen-bond donors (Lipinski definition) is 0. The highest BCUT2D eigenvalue weighted by Crippen LogP contribution is 2.51. The van der Waals surface area contributed by atoms with Crippen LogP contribution in [0, 0.1) is 0 Å². The number of nitrogens with zero attached hydrogens (tertiary/aromatic N) is 4. The Morgan fingerprint density at radius 3 is 1.73 bits per heavy atom. The molecule has 1 aliphatic carbocycles. The van der Waals surface area contributed by atoms with Crippen molar-refractivity contribution in [2.75, 3.05) is 0 Å². The first-order valence-electron chi connectivity index (χ1n) is 22.4. The van der Waals surface area contributed by atoms with E-state index in [-0.39, 0.29) is 5.41 Å². The molecular formula is C60H38N4O2. The third kappa shape index (κ3) is 5.33. The van der Waals surface area contributed by atoms with Crippen LogP contribution in [0.5, 0.6) is 0 Å². The second-order valence-corrected chi connectivity index (χ2v) is 17.9. The monoisotopic (exact) mass is 846 g/mol. The minimum absolute atomic E-state index is 0.166. The number of hydrogen-bond acceptors (Lipinski definition) is 5. The van der Waals surface area contributed by atoms with Crippen molar-refractivity contribution in [3.8, 4) is 62.1 Å². The smallest absolute Gasteiger partial charge is 0.167 e. The Hall–Kier alpha value is -8.61. The van der Waals surface area contributed by atoms with Gasteiger partial charge in [-0.15, -0.1) is 0 Å². The van der Waals surface area contributed by atoms with E-state index in [0.717, 1.165) is 88.4 Å². The van der Waals surface area contributed by atoms with Gasteiger partial charge in [0.15, 0.2) is 17.5 Å². The first-order chi connectivity index (χ1) is 32.5. The first-order valence-corrected chi connectivity index (χ1v) is 22.4. The number of aromatic nitrogens is 4. The Kier molecular flexibility index (Phi) is 7.64. The SMILES string of the molecule is CC1(C)c2ccccc2-c2cc3c4cc(-c5cccc6c5oc5ccccc56)ccc4n(-c4ccc5oc6c(-c7nc(-c8ccccc8)nc(-c8ccccc8)n7)cccc6c5c4)c3cc21. The fourth-order valence-corrected chi connectivity index (χ4v) is 10.7. The zero-order valence-corrected chi connectivity index (χ0v) is 36.1. The van der Waals surface area contributed by atoms with Gasteiger partial charge in [0.25, 0.3) is 0 Å². The molecule has 66 heavy (non-hydrogen) atoms. The van der Waals surface area contributed by atoms with E-state index < -0.39 is 0 Å². The largest absolute Gasteiger partial charge is 0.455 e. The van der Waals surface area contributed by atoms with Crippen molar-refractivity contribution in [1.29, 1.82) is 0 Å². The maximum Gasteiger partial charge on any atom is 0.167 e. The Balaban J connectivity index is 0.984. The lowest BCUT2D eigenvalue weighted by molar-refractivity contribution is 0.661. The molecule has 0 atom stereocenters. The molecule has 0 bridgehead atoms. The molecule has 310 valence electrons. The van der Waals surface area contributed by atoms with Crippen molar-refractivity contribution < 1.29 is 8.83 Å². The van der Waals surface area contributed by atoms with Crippen molar-refractivity contribution in [2.45, 2.75) is 19.3 Å². The quantitative estimate of drug-likeness (QED) is 0.173. The summed E-state index contributed by atoms with van der Waals surface area (Å²) >= 11 is 0. The molecule has 4 aromatic heterocycles. The maximum absolute atomic E-state index is 6.80. The average Bonchev–Trinajstić information content (AvgIpc) is 4.10. The molecule has 4 heterocycles. The zero-order valence-electron chi connectivity index (χ0n) is 36.1. The molecule has 0 aliphatic heterocycles. The average molecular weight is 847 g/mol. The van der Waals surface area contributed by atoms with Gasteiger partial charge in [-0.1, -0.05) is 153 Å². The van der Waals surface area contributed by atoms with E-state index in [1.807, 2.05) is 78.9 Å². The van der Waals surface area contributed by atoms with Gasteiger partial charge in [0.2, 0.25) is 0 Å². The highest BCUT2D eigenvalue weighted by atomic mass is 16.3. The third-order valence-corrected chi connectivity index (χ3v) is 13.9. The molecule has 0 N–H and O–H groups in total. The molecule has 6 nitrogen and oxygen atoms in total. The summed E-state index contributed by atoms with van der Waals surface area (Å²) in [5, 5.41) is 6.63. The molecule has 0 saturated carbocycles. The predicted octanol–water partition coefficient (Wildman–Crippen LogP) is 15.7. The lowest BCUT2D eigenvalue weighted by Gasteiger charge is -2.21. The second kappa shape index (κ2) is 13.7. The van der Waals surface area contributed by atoms with Gasteiger partial charge in [-0.3, -0.25) is 0 Å². The van der Waals surface area contributed by atoms with Gasteiger partial charge in [0.1, 0.15) is 22.3 Å². The maximum atomic E-state index is 6.80. The van der Waals surface area contributed by atoms with Crippen LogP contribution in [-0.2, 0) is 5.41 Å². The summed E-state index contributed by atoms with van der Waals surface area (Å²) in [6.07, 6.45) is 0. The fraction of sp³-hybridized carbons (Fsp3) is 0.0500. The lowest BCUT2D eigenvalue weighted by atomic mass is 9.82. The third-order valence-electron chi connectivity index (χ3n) is 13.9. The summed E-state index contributed by atoms with van der Waals surface area (Å²) in [5.41, 5.74) is 16.6. The van der Waals surface area contributed by atoms with Crippen molar-refractivity contribution in [1.82, 2.24) is 19.5 Å². The summed E-state index contributed by atoms with van der Waals surface area (Å²) in [6, 6.07) is 68.3. The second-order valence-electron chi connectivity index (χ2n) is 17.9. The molecule has 9 aromatic carbocycles. The molecular weight excluding hydrogens is 809 g/mol. The Morgan fingerprint density at radius 1 is 0.364 bits per heavy atom. The van der Waals surface area contributed by atoms with Crippen LogP contribution in [0.2, 0.25) is 0 Å². The number of benzene rings is 9. The number of fused-ring (bicyclic) bond motifs is 12. The molecule has 13 aromatic rings. The van der Waals surface area contributed by atoms with E-state index in [0.29, 0.717) is 17.5 Å². The Labute approximate surface area is 379 Å². The highest BCUT2D eigenvalue weighted by Gasteiger charge is 2.36. The minimum Gasteiger partial charge on any atom is -0.455 e. The molecule has 0 amide bonds. The van der Waals surface area contributed by atoms with Gasteiger partial charge in [0, 0.05) is 60.1 Å². The summed E-state index contributed by atoms with van der Waals surface area (Å²) in [7, 11) is 0. The van der Waals surface area contributed by atoms with Crippen molar-refractivity contribution >= 4 is 65.7 Å². The van der Waals surface area contributed by atoms with Crippen LogP contribution < -0.4 is 0 Å². The number of rotatable bonds is 5. The fourth-order valence-electron chi connectivity index (χ4n) is 10.7. The van der Waals surface area contributed by atoms with Gasteiger partial charge < -0.3 is 13.4 Å². The van der Waals surface area contributed by atoms with Crippen molar-refractivity contribution in [3.05, 3.63) is 205 Å². The van der Waals surface area contributed by atoms with Crippen LogP contribution >= 0.6 is 0 Å². The molecule has 0 spiro atoms. The topological polar surface area (TPSA) is 69.9 Å². The highest BCUT2D eigenvalue weighted by molar-refractivity contribution is 6.15. The van der Waals surface area contributed by atoms with E-state index >= 15 is 0 Å². The first kappa shape index (κ1) is 36.8. The van der Waals surface area contributed by atoms with Crippen LogP contribution in [-0.4, -0.2) is 19.5 Å². The predicted molar refractivity (Wildman–Crippen MR) is 268 cm³/mol. The molecule has 0 fully saturated rings. The van der Waals surface area contributed by atoms with E-state index in [2.05, 4.69) is 134 Å². The molecule has 14 rings (SSSR count). The van der Waals surface area contributed by atoms with Gasteiger partial charge in [0.05, 0.1) is 16.6 Å². The number of para-hydroxylation sites is 3. The summed E-state index contributed by atoms with van der Waals surface area (Å²) in [6.45, 7) is 4.70. The van der Waals surface area contributed by atoms with Gasteiger partial charge in [-0.25, -0.2) is 15.0 Å². The molecule has 0 unspecified atom stereocenters. The van der Waals surface area contributed by atoms with Crippen LogP contribution in [0.4, 0.5) is 0 Å². The zero-order chi connectivity index (χ0) is 43.7. The lowest BCUT2D eigenvalue weighted by Crippen LogP contribution is -2.14.